The molecular weight excluding hydrogens is 264 g/mol. The van der Waals surface area contributed by atoms with Crippen LogP contribution in [0.1, 0.15) is 50.7 Å². The molecule has 0 unspecified atom stereocenters. The first-order valence-corrected chi connectivity index (χ1v) is 7.66. The van der Waals surface area contributed by atoms with Crippen LogP contribution in [-0.4, -0.2) is 29.7 Å². The van der Waals surface area contributed by atoms with Crippen molar-refractivity contribution < 1.29 is 9.53 Å². The second-order valence-electron chi connectivity index (χ2n) is 6.69. The lowest BCUT2D eigenvalue weighted by Crippen LogP contribution is -2.41. The third-order valence-electron chi connectivity index (χ3n) is 3.83. The van der Waals surface area contributed by atoms with Crippen LogP contribution in [0.15, 0.2) is 24.3 Å². The van der Waals surface area contributed by atoms with Gasteiger partial charge in [-0.1, -0.05) is 24.3 Å². The van der Waals surface area contributed by atoms with Crippen molar-refractivity contribution in [3.05, 3.63) is 35.4 Å². The lowest BCUT2D eigenvalue weighted by atomic mass is 9.89. The molecule has 1 saturated heterocycles. The summed E-state index contributed by atoms with van der Waals surface area (Å²) in [7, 11) is 0. The monoisotopic (exact) mass is 290 g/mol. The second-order valence-corrected chi connectivity index (χ2v) is 6.69. The van der Waals surface area contributed by atoms with E-state index in [1.807, 2.05) is 25.7 Å². The third kappa shape index (κ3) is 4.46. The molecule has 0 atom stereocenters. The molecule has 4 heteroatoms. The van der Waals surface area contributed by atoms with E-state index in [0.29, 0.717) is 12.5 Å². The zero-order valence-electron chi connectivity index (χ0n) is 13.3. The third-order valence-corrected chi connectivity index (χ3v) is 3.83. The van der Waals surface area contributed by atoms with E-state index >= 15 is 0 Å². The van der Waals surface area contributed by atoms with Gasteiger partial charge in [0.15, 0.2) is 0 Å². The Bertz CT molecular complexity index is 469. The van der Waals surface area contributed by atoms with Crippen molar-refractivity contribution in [2.75, 3.05) is 13.1 Å². The van der Waals surface area contributed by atoms with Crippen LogP contribution < -0.4 is 5.73 Å². The highest BCUT2D eigenvalue weighted by molar-refractivity contribution is 5.68. The quantitative estimate of drug-likeness (QED) is 0.909. The lowest BCUT2D eigenvalue weighted by Gasteiger charge is -2.33. The fourth-order valence-corrected chi connectivity index (χ4v) is 2.65. The molecule has 2 N–H and O–H groups in total. The normalized spacial score (nSPS) is 16.9. The van der Waals surface area contributed by atoms with Crippen molar-refractivity contribution in [2.45, 2.75) is 51.7 Å². The van der Waals surface area contributed by atoms with E-state index in [1.165, 1.54) is 5.56 Å². The summed E-state index contributed by atoms with van der Waals surface area (Å²) in [5.41, 5.74) is 7.70. The van der Waals surface area contributed by atoms with Crippen molar-refractivity contribution >= 4 is 6.09 Å². The Morgan fingerprint density at radius 2 is 1.81 bits per heavy atom. The topological polar surface area (TPSA) is 55.6 Å². The van der Waals surface area contributed by atoms with Crippen LogP contribution in [0.3, 0.4) is 0 Å². The molecule has 1 fully saturated rings. The van der Waals surface area contributed by atoms with Gasteiger partial charge in [-0.15, -0.1) is 0 Å². The predicted molar refractivity (Wildman–Crippen MR) is 84.1 cm³/mol. The molecule has 21 heavy (non-hydrogen) atoms. The molecule has 2 rings (SSSR count). The van der Waals surface area contributed by atoms with Gasteiger partial charge in [0, 0.05) is 19.6 Å². The lowest BCUT2D eigenvalue weighted by molar-refractivity contribution is 0.0205. The van der Waals surface area contributed by atoms with Crippen LogP contribution in [0, 0.1) is 0 Å². The number of nitrogens with two attached hydrogens (primary N) is 1. The van der Waals surface area contributed by atoms with Crippen molar-refractivity contribution in [3.8, 4) is 0 Å². The summed E-state index contributed by atoms with van der Waals surface area (Å²) in [6, 6.07) is 8.51. The average Bonchev–Trinajstić information content (AvgIpc) is 2.46. The van der Waals surface area contributed by atoms with Gasteiger partial charge >= 0.3 is 6.09 Å². The van der Waals surface area contributed by atoms with Gasteiger partial charge in [0.25, 0.3) is 0 Å². The standard InChI is InChI=1S/C17H26N2O2/c1-17(2,3)21-16(20)19-10-8-15(9-11-19)14-6-4-13(12-18)5-7-14/h4-7,15H,8-12,18H2,1-3H3. The Labute approximate surface area is 127 Å². The second kappa shape index (κ2) is 6.48. The number of hydrogen-bond donors (Lipinski definition) is 1. The van der Waals surface area contributed by atoms with Crippen LogP contribution >= 0.6 is 0 Å². The first-order valence-electron chi connectivity index (χ1n) is 7.66. The number of carbonyl (C=O) groups is 1. The molecule has 0 aliphatic carbocycles. The highest BCUT2D eigenvalue weighted by Gasteiger charge is 2.27. The smallest absolute Gasteiger partial charge is 0.410 e. The number of carbonyl (C=O) groups excluding carboxylic acids is 1. The van der Waals surface area contributed by atoms with Crippen molar-refractivity contribution in [2.24, 2.45) is 5.73 Å². The van der Waals surface area contributed by atoms with E-state index < -0.39 is 5.60 Å². The highest BCUT2D eigenvalue weighted by atomic mass is 16.6. The molecule has 0 radical (unpaired) electrons. The number of rotatable bonds is 2. The number of ether oxygens (including phenoxy) is 1. The van der Waals surface area contributed by atoms with E-state index in [-0.39, 0.29) is 6.09 Å². The predicted octanol–water partition coefficient (Wildman–Crippen LogP) is 3.26. The largest absolute Gasteiger partial charge is 0.444 e. The van der Waals surface area contributed by atoms with Crippen molar-refractivity contribution in [1.82, 2.24) is 4.90 Å². The molecule has 1 heterocycles. The van der Waals surface area contributed by atoms with E-state index in [0.717, 1.165) is 31.5 Å². The molecule has 1 aromatic carbocycles. The Hall–Kier alpha value is -1.55. The van der Waals surface area contributed by atoms with Crippen LogP contribution in [0.4, 0.5) is 4.79 Å². The number of hydrogen-bond acceptors (Lipinski definition) is 3. The van der Waals surface area contributed by atoms with Gasteiger partial charge in [-0.2, -0.15) is 0 Å². The molecule has 0 aromatic heterocycles. The van der Waals surface area contributed by atoms with Gasteiger partial charge < -0.3 is 15.4 Å². The molecule has 4 nitrogen and oxygen atoms in total. The Morgan fingerprint density at radius 1 is 1.24 bits per heavy atom. The Balaban J connectivity index is 1.89. The Kier molecular flexibility index (Phi) is 4.88. The van der Waals surface area contributed by atoms with Gasteiger partial charge in [0.2, 0.25) is 0 Å². The maximum atomic E-state index is 12.0. The molecule has 1 aliphatic heterocycles. The molecule has 1 amide bonds. The van der Waals surface area contributed by atoms with E-state index in [2.05, 4.69) is 24.3 Å². The van der Waals surface area contributed by atoms with Gasteiger partial charge in [-0.05, 0) is 50.7 Å². The summed E-state index contributed by atoms with van der Waals surface area (Å²) >= 11 is 0. The van der Waals surface area contributed by atoms with Crippen LogP contribution in [0.25, 0.3) is 0 Å². The van der Waals surface area contributed by atoms with E-state index in [1.54, 1.807) is 0 Å². The van der Waals surface area contributed by atoms with Gasteiger partial charge in [-0.3, -0.25) is 0 Å². The minimum atomic E-state index is -0.425. The number of nitrogens with zero attached hydrogens (tertiary/aromatic N) is 1. The summed E-state index contributed by atoms with van der Waals surface area (Å²) in [5.74, 6) is 0.524. The Morgan fingerprint density at radius 3 is 2.29 bits per heavy atom. The number of piperidine rings is 1. The first-order chi connectivity index (χ1) is 9.89. The first kappa shape index (κ1) is 15.8. The fraction of sp³-hybridized carbons (Fsp3) is 0.588. The molecule has 1 aromatic rings. The van der Waals surface area contributed by atoms with Crippen molar-refractivity contribution in [3.63, 3.8) is 0 Å². The van der Waals surface area contributed by atoms with Crippen LogP contribution in [0.2, 0.25) is 0 Å². The minimum absolute atomic E-state index is 0.195. The molecule has 0 spiro atoms. The molecule has 0 bridgehead atoms. The maximum Gasteiger partial charge on any atom is 0.410 e. The summed E-state index contributed by atoms with van der Waals surface area (Å²) < 4.78 is 5.42. The molecular formula is C17H26N2O2. The van der Waals surface area contributed by atoms with Gasteiger partial charge in [0.05, 0.1) is 0 Å². The van der Waals surface area contributed by atoms with Gasteiger partial charge in [0.1, 0.15) is 5.60 Å². The van der Waals surface area contributed by atoms with E-state index in [9.17, 15) is 4.79 Å². The van der Waals surface area contributed by atoms with Crippen LogP contribution in [0.5, 0.6) is 0 Å². The molecule has 0 saturated carbocycles. The zero-order valence-corrected chi connectivity index (χ0v) is 13.3. The summed E-state index contributed by atoms with van der Waals surface area (Å²) in [4.78, 5) is 13.8. The van der Waals surface area contributed by atoms with E-state index in [4.69, 9.17) is 10.5 Å². The number of amides is 1. The van der Waals surface area contributed by atoms with Gasteiger partial charge in [-0.25, -0.2) is 4.79 Å². The minimum Gasteiger partial charge on any atom is -0.444 e. The molecule has 116 valence electrons. The average molecular weight is 290 g/mol. The number of benzene rings is 1. The van der Waals surface area contributed by atoms with Crippen LogP contribution in [-0.2, 0) is 11.3 Å². The fourth-order valence-electron chi connectivity index (χ4n) is 2.65. The molecule has 1 aliphatic rings. The SMILES string of the molecule is CC(C)(C)OC(=O)N1CCC(c2ccc(CN)cc2)CC1. The summed E-state index contributed by atoms with van der Waals surface area (Å²) in [6.07, 6.45) is 1.78. The summed E-state index contributed by atoms with van der Waals surface area (Å²) in [5, 5.41) is 0. The van der Waals surface area contributed by atoms with Crippen molar-refractivity contribution in [1.29, 1.82) is 0 Å². The number of likely N-dealkylation sites (tertiary alicyclic amines) is 1. The summed E-state index contributed by atoms with van der Waals surface area (Å²) in [6.45, 7) is 7.80. The highest BCUT2D eigenvalue weighted by Crippen LogP contribution is 2.28. The zero-order chi connectivity index (χ0) is 15.5. The maximum absolute atomic E-state index is 12.0.